The van der Waals surface area contributed by atoms with Gasteiger partial charge >= 0.3 is 6.03 Å². The van der Waals surface area contributed by atoms with Crippen molar-refractivity contribution in [2.75, 3.05) is 67.1 Å². The SMILES string of the molecule is Cn1nc(N2CCC(=O)NC2=O)c2cc(F)c(N3CC4(CC(N5CCC6(CC5)CC([N-]C=Nc5ccc(Oc7c(F)ccc(NSC8CCOCC8)c7C#N)cc5O)CO6)C4)C3)cc21.[W]. The number of phenolic OH excluding ortho intramolecular Hbond substituents is 1. The van der Waals surface area contributed by atoms with Crippen molar-refractivity contribution in [3.05, 3.63) is 65.0 Å². The molecule has 0 bridgehead atoms. The number of urea groups is 1. The van der Waals surface area contributed by atoms with Crippen LogP contribution in [0.1, 0.15) is 56.9 Å². The second-order valence-electron chi connectivity index (χ2n) is 17.9. The number of hydrogen-bond donors (Lipinski definition) is 3. The molecule has 1 unspecified atom stereocenters. The van der Waals surface area contributed by atoms with Gasteiger partial charge in [-0.15, -0.1) is 6.34 Å². The summed E-state index contributed by atoms with van der Waals surface area (Å²) in [6.07, 6.45) is 8.16. The maximum Gasteiger partial charge on any atom is 0.329 e. The van der Waals surface area contributed by atoms with Gasteiger partial charge in [0.25, 0.3) is 0 Å². The van der Waals surface area contributed by atoms with E-state index in [0.29, 0.717) is 53.7 Å². The Morgan fingerprint density at radius 2 is 1.86 bits per heavy atom. The van der Waals surface area contributed by atoms with Crippen molar-refractivity contribution < 1.29 is 58.8 Å². The molecule has 65 heavy (non-hydrogen) atoms. The number of likely N-dealkylation sites (tertiary alicyclic amines) is 1. The number of aryl methyl sites for hydroxylation is 1. The molecule has 1 aliphatic carbocycles. The zero-order valence-electron chi connectivity index (χ0n) is 35.8. The minimum absolute atomic E-state index is 0. The number of phenols is 1. The molecule has 4 aromatic rings. The molecule has 5 aliphatic heterocycles. The number of anilines is 3. The van der Waals surface area contributed by atoms with Gasteiger partial charge in [0.05, 0.1) is 22.5 Å². The van der Waals surface area contributed by atoms with Gasteiger partial charge in [-0.1, -0.05) is 6.07 Å². The Morgan fingerprint density at radius 1 is 1.08 bits per heavy atom. The minimum atomic E-state index is -0.695. The largest absolute Gasteiger partial charge is 0.508 e. The molecule has 3 N–H and O–H groups in total. The van der Waals surface area contributed by atoms with Crippen LogP contribution in [0.5, 0.6) is 17.2 Å². The Hall–Kier alpha value is -4.99. The molecular weight excluding hydrogens is 1030 g/mol. The minimum Gasteiger partial charge on any atom is -0.508 e. The smallest absolute Gasteiger partial charge is 0.329 e. The Labute approximate surface area is 393 Å². The monoisotopic (exact) mass is 1080 g/mol. The molecule has 2 spiro atoms. The summed E-state index contributed by atoms with van der Waals surface area (Å²) in [6.45, 7) is 5.53. The van der Waals surface area contributed by atoms with E-state index in [1.54, 1.807) is 23.9 Å². The molecule has 5 saturated heterocycles. The second kappa shape index (κ2) is 18.4. The third-order valence-corrected chi connectivity index (χ3v) is 14.9. The Balaban J connectivity index is 0.00000533. The van der Waals surface area contributed by atoms with E-state index >= 15 is 4.39 Å². The number of piperidine rings is 1. The van der Waals surface area contributed by atoms with Crippen molar-refractivity contribution in [3.8, 4) is 23.3 Å². The van der Waals surface area contributed by atoms with E-state index in [2.05, 4.69) is 41.3 Å². The predicted octanol–water partition coefficient (Wildman–Crippen LogP) is 7.23. The number of ether oxygens (including phenoxy) is 3. The van der Waals surface area contributed by atoms with Crippen molar-refractivity contribution in [1.29, 1.82) is 5.26 Å². The summed E-state index contributed by atoms with van der Waals surface area (Å²) in [5.74, 6) is -1.29. The second-order valence-corrected chi connectivity index (χ2v) is 19.0. The van der Waals surface area contributed by atoms with Crippen LogP contribution in [-0.2, 0) is 42.4 Å². The molecule has 10 rings (SSSR count). The first-order chi connectivity index (χ1) is 31.0. The van der Waals surface area contributed by atoms with Gasteiger partial charge in [0, 0.05) is 121 Å². The average molecular weight is 1080 g/mol. The van der Waals surface area contributed by atoms with Gasteiger partial charge in [-0.05, 0) is 93.3 Å². The number of nitrogens with one attached hydrogen (secondary N) is 2. The van der Waals surface area contributed by atoms with Crippen LogP contribution in [0, 0.1) is 28.4 Å². The van der Waals surface area contributed by atoms with Crippen molar-refractivity contribution in [1.82, 2.24) is 20.0 Å². The van der Waals surface area contributed by atoms with Gasteiger partial charge in [0.15, 0.2) is 17.4 Å². The number of hydrogen-bond acceptors (Lipinski definition) is 13. The molecule has 1 atom stereocenters. The Bertz CT molecular complexity index is 2550. The van der Waals surface area contributed by atoms with Crippen LogP contribution in [0.2, 0.25) is 0 Å². The number of halogens is 2. The molecule has 3 aromatic carbocycles. The van der Waals surface area contributed by atoms with Crippen LogP contribution in [0.3, 0.4) is 0 Å². The summed E-state index contributed by atoms with van der Waals surface area (Å²) in [6, 6.07) is 12.4. The number of carbonyl (C=O) groups is 2. The fourth-order valence-corrected chi connectivity index (χ4v) is 11.1. The molecule has 16 nitrogen and oxygen atoms in total. The molecule has 3 amide bonds. The van der Waals surface area contributed by atoms with Crippen molar-refractivity contribution in [3.63, 3.8) is 0 Å². The Morgan fingerprint density at radius 3 is 2.60 bits per heavy atom. The fourth-order valence-electron chi connectivity index (χ4n) is 10.2. The molecule has 6 fully saturated rings. The van der Waals surface area contributed by atoms with Gasteiger partial charge < -0.3 is 44.1 Å². The van der Waals surface area contributed by atoms with Crippen molar-refractivity contribution >= 4 is 64.0 Å². The standard InChI is InChI=1S/C45H50F2N10O6S.W/c1-54-37-18-38(34(47)17-31(37)42(52-54)57-11-6-40(59)51-43(57)60)56-24-44(25-56)20-28(21-44)55-12-9-45(10-13-55)19-27(23-62-45)49-26-50-36-4-2-29(16-39(36)58)63-41-32(22-48)35(5-3-33(41)46)53-64-30-7-14-61-15-8-30;/h2-5,16-18,26-28,30,53H,6-15,19-21,23-25H2,1H3,(H3,49,50,51,58,59,60);/p-1. The summed E-state index contributed by atoms with van der Waals surface area (Å²) in [4.78, 5) is 34.6. The van der Waals surface area contributed by atoms with Gasteiger partial charge in [-0.3, -0.25) is 19.7 Å². The number of nitrogens with zero attached hydrogens (tertiary/aromatic N) is 8. The van der Waals surface area contributed by atoms with Crippen LogP contribution < -0.4 is 24.6 Å². The summed E-state index contributed by atoms with van der Waals surface area (Å²) < 4.78 is 53.0. The Kier molecular flexibility index (Phi) is 12.8. The summed E-state index contributed by atoms with van der Waals surface area (Å²) in [5, 5.41) is 33.0. The number of benzene rings is 3. The first-order valence-corrected chi connectivity index (χ1v) is 22.7. The topological polar surface area (TPSA) is 184 Å². The molecule has 1 aromatic heterocycles. The van der Waals surface area contributed by atoms with Crippen LogP contribution in [0.15, 0.2) is 47.5 Å². The normalized spacial score (nSPS) is 22.2. The number of nitriles is 1. The van der Waals surface area contributed by atoms with E-state index in [-0.39, 0.29) is 91.3 Å². The number of imide groups is 1. The maximum atomic E-state index is 15.6. The molecule has 342 valence electrons. The van der Waals surface area contributed by atoms with Crippen molar-refractivity contribution in [2.24, 2.45) is 17.5 Å². The average Bonchev–Trinajstić information content (AvgIpc) is 3.80. The molecule has 6 aliphatic rings. The number of rotatable bonds is 11. The van der Waals surface area contributed by atoms with E-state index in [1.165, 1.54) is 47.5 Å². The van der Waals surface area contributed by atoms with E-state index in [0.717, 1.165) is 76.6 Å². The fraction of sp³-hybridized carbons (Fsp3) is 0.489. The zero-order valence-corrected chi connectivity index (χ0v) is 39.6. The van der Waals surface area contributed by atoms with Crippen LogP contribution >= 0.6 is 11.9 Å². The number of aromatic hydroxyl groups is 1. The molecule has 20 heteroatoms. The van der Waals surface area contributed by atoms with Crippen molar-refractivity contribution in [2.45, 2.75) is 74.3 Å². The number of amides is 3. The number of aromatic nitrogens is 2. The van der Waals surface area contributed by atoms with Gasteiger partial charge in [-0.2, -0.15) is 10.4 Å². The molecular formula is C45H49F2N10O6SW-. The summed E-state index contributed by atoms with van der Waals surface area (Å²) in [7, 11) is 1.77. The summed E-state index contributed by atoms with van der Waals surface area (Å²) >= 11 is 1.48. The van der Waals surface area contributed by atoms with E-state index in [1.807, 2.05) is 6.07 Å². The zero-order chi connectivity index (χ0) is 44.2. The molecule has 0 radical (unpaired) electrons. The first-order valence-electron chi connectivity index (χ1n) is 21.8. The molecule has 6 heterocycles. The number of carbonyl (C=O) groups excluding carboxylic acids is 2. The quantitative estimate of drug-likeness (QED) is 0.0780. The maximum absolute atomic E-state index is 15.6. The predicted molar refractivity (Wildman–Crippen MR) is 238 cm³/mol. The third-order valence-electron chi connectivity index (χ3n) is 13.7. The number of fused-ring (bicyclic) bond motifs is 1. The van der Waals surface area contributed by atoms with Crippen LogP contribution in [0.4, 0.5) is 36.5 Å². The van der Waals surface area contributed by atoms with E-state index in [9.17, 15) is 24.3 Å². The van der Waals surface area contributed by atoms with Gasteiger partial charge in [-0.25, -0.2) is 13.6 Å². The van der Waals surface area contributed by atoms with Crippen LogP contribution in [-0.4, -0.2) is 114 Å². The summed E-state index contributed by atoms with van der Waals surface area (Å²) in [5.41, 5.74) is 1.97. The van der Waals surface area contributed by atoms with Crippen LogP contribution in [0.25, 0.3) is 16.2 Å². The van der Waals surface area contributed by atoms with E-state index in [4.69, 9.17) is 14.2 Å². The van der Waals surface area contributed by atoms with E-state index < -0.39 is 11.8 Å². The number of aliphatic imine (C=N–C) groups is 1. The van der Waals surface area contributed by atoms with Gasteiger partial charge in [0.1, 0.15) is 28.9 Å². The van der Waals surface area contributed by atoms with Gasteiger partial charge in [0.2, 0.25) is 5.91 Å². The molecule has 1 saturated carbocycles. The third kappa shape index (κ3) is 9.00. The first kappa shape index (κ1) is 45.2.